The molecule has 0 bridgehead atoms. The Labute approximate surface area is 128 Å². The number of hydrogen-bond donors (Lipinski definition) is 1. The van der Waals surface area contributed by atoms with E-state index in [2.05, 4.69) is 10.1 Å². The van der Waals surface area contributed by atoms with Crippen LogP contribution in [0.1, 0.15) is 18.9 Å². The first kappa shape index (κ1) is 17.9. The van der Waals surface area contributed by atoms with Gasteiger partial charge in [-0.05, 0) is 24.6 Å². The summed E-state index contributed by atoms with van der Waals surface area (Å²) in [6.07, 6.45) is 2.62. The second-order valence-corrected chi connectivity index (χ2v) is 4.82. The Balaban J connectivity index is 2.84. The average Bonchev–Trinajstić information content (AvgIpc) is 2.44. The van der Waals surface area contributed by atoms with Crippen LogP contribution < -0.4 is 10.1 Å². The van der Waals surface area contributed by atoms with Crippen molar-refractivity contribution < 1.29 is 18.3 Å². The molecule has 0 aromatic heterocycles. The number of benzene rings is 1. The minimum Gasteiger partial charge on any atom is -0.434 e. The van der Waals surface area contributed by atoms with Gasteiger partial charge in [0.05, 0.1) is 6.61 Å². The van der Waals surface area contributed by atoms with E-state index >= 15 is 0 Å². The van der Waals surface area contributed by atoms with Crippen molar-refractivity contribution in [2.24, 2.45) is 0 Å². The fourth-order valence-corrected chi connectivity index (χ4v) is 1.94. The first-order valence-electron chi connectivity index (χ1n) is 6.70. The first-order valence-corrected chi connectivity index (χ1v) is 7.08. The summed E-state index contributed by atoms with van der Waals surface area (Å²) < 4.78 is 34.3. The summed E-state index contributed by atoms with van der Waals surface area (Å²) >= 11 is 5.92. The Morgan fingerprint density at radius 3 is 2.81 bits per heavy atom. The average molecular weight is 320 g/mol. The Hall–Kier alpha value is -1.17. The number of hydrogen-bond acceptors (Lipinski definition) is 3. The number of rotatable bonds is 9. The van der Waals surface area contributed by atoms with Gasteiger partial charge in [-0.25, -0.2) is 0 Å². The summed E-state index contributed by atoms with van der Waals surface area (Å²) in [6, 6.07) is 4.59. The van der Waals surface area contributed by atoms with E-state index in [0.717, 1.165) is 18.5 Å². The SMILES string of the molecule is CCC(=Cc1cc(Cl)ccc1OC(F)F)CNCCOC. The van der Waals surface area contributed by atoms with Gasteiger partial charge in [0.1, 0.15) is 5.75 Å². The predicted octanol–water partition coefficient (Wildman–Crippen LogP) is 3.97. The molecule has 118 valence electrons. The summed E-state index contributed by atoms with van der Waals surface area (Å²) in [5.41, 5.74) is 1.61. The quantitative estimate of drug-likeness (QED) is 0.699. The zero-order valence-corrected chi connectivity index (χ0v) is 12.9. The van der Waals surface area contributed by atoms with Crippen molar-refractivity contribution in [1.29, 1.82) is 0 Å². The molecule has 0 atom stereocenters. The van der Waals surface area contributed by atoms with Crippen LogP contribution in [-0.4, -0.2) is 33.4 Å². The monoisotopic (exact) mass is 319 g/mol. The van der Waals surface area contributed by atoms with Gasteiger partial charge < -0.3 is 14.8 Å². The molecule has 1 N–H and O–H groups in total. The molecule has 1 aromatic carbocycles. The number of nitrogens with one attached hydrogen (secondary N) is 1. The summed E-state index contributed by atoms with van der Waals surface area (Å²) in [5.74, 6) is 0.122. The Bertz CT molecular complexity index is 467. The van der Waals surface area contributed by atoms with Crippen LogP contribution in [0.25, 0.3) is 6.08 Å². The van der Waals surface area contributed by atoms with Crippen LogP contribution in [0.5, 0.6) is 5.75 Å². The molecule has 0 aliphatic heterocycles. The van der Waals surface area contributed by atoms with E-state index in [9.17, 15) is 8.78 Å². The third kappa shape index (κ3) is 6.89. The second kappa shape index (κ2) is 9.71. The highest BCUT2D eigenvalue weighted by Crippen LogP contribution is 2.27. The number of halogens is 3. The second-order valence-electron chi connectivity index (χ2n) is 4.39. The van der Waals surface area contributed by atoms with Gasteiger partial charge in [0.2, 0.25) is 0 Å². The molecule has 0 aliphatic rings. The maximum absolute atomic E-state index is 12.4. The molecule has 0 amide bonds. The van der Waals surface area contributed by atoms with Crippen LogP contribution in [0.15, 0.2) is 23.8 Å². The standard InChI is InChI=1S/C15H20ClF2NO2/c1-3-11(10-19-6-7-20-2)8-12-9-13(16)4-5-14(12)21-15(17)18/h4-5,8-9,15,19H,3,6-7,10H2,1-2H3. The summed E-state index contributed by atoms with van der Waals surface area (Å²) in [4.78, 5) is 0. The molecule has 0 saturated carbocycles. The Morgan fingerprint density at radius 2 is 2.19 bits per heavy atom. The number of methoxy groups -OCH3 is 1. The summed E-state index contributed by atoms with van der Waals surface area (Å²) in [5, 5.41) is 3.69. The minimum atomic E-state index is -2.86. The van der Waals surface area contributed by atoms with Crippen LogP contribution in [-0.2, 0) is 4.74 Å². The van der Waals surface area contributed by atoms with E-state index in [-0.39, 0.29) is 5.75 Å². The van der Waals surface area contributed by atoms with Crippen LogP contribution in [0.2, 0.25) is 5.02 Å². The highest BCUT2D eigenvalue weighted by Gasteiger charge is 2.09. The Kier molecular flexibility index (Phi) is 8.27. The molecule has 3 nitrogen and oxygen atoms in total. The van der Waals surface area contributed by atoms with Crippen molar-refractivity contribution in [2.75, 3.05) is 26.8 Å². The van der Waals surface area contributed by atoms with Gasteiger partial charge in [0, 0.05) is 30.8 Å². The molecule has 0 spiro atoms. The number of alkyl halides is 2. The van der Waals surface area contributed by atoms with E-state index in [1.165, 1.54) is 12.1 Å². The molecule has 0 unspecified atom stereocenters. The van der Waals surface area contributed by atoms with Crippen LogP contribution >= 0.6 is 11.6 Å². The molecule has 1 aromatic rings. The molecule has 0 saturated heterocycles. The molecule has 0 fully saturated rings. The van der Waals surface area contributed by atoms with E-state index < -0.39 is 6.61 Å². The maximum atomic E-state index is 12.4. The highest BCUT2D eigenvalue weighted by molar-refractivity contribution is 6.30. The summed E-state index contributed by atoms with van der Waals surface area (Å²) in [7, 11) is 1.64. The topological polar surface area (TPSA) is 30.5 Å². The van der Waals surface area contributed by atoms with Crippen molar-refractivity contribution >= 4 is 17.7 Å². The smallest absolute Gasteiger partial charge is 0.387 e. The van der Waals surface area contributed by atoms with Crippen molar-refractivity contribution in [3.8, 4) is 5.75 Å². The molecule has 0 radical (unpaired) electrons. The van der Waals surface area contributed by atoms with E-state index in [1.54, 1.807) is 13.2 Å². The zero-order chi connectivity index (χ0) is 15.7. The van der Waals surface area contributed by atoms with Crippen LogP contribution in [0.4, 0.5) is 8.78 Å². The van der Waals surface area contributed by atoms with Crippen LogP contribution in [0, 0.1) is 0 Å². The van der Waals surface area contributed by atoms with Gasteiger partial charge in [-0.3, -0.25) is 0 Å². The van der Waals surface area contributed by atoms with Gasteiger partial charge in [0.25, 0.3) is 0 Å². The van der Waals surface area contributed by atoms with Gasteiger partial charge in [-0.2, -0.15) is 8.78 Å². The zero-order valence-electron chi connectivity index (χ0n) is 12.2. The van der Waals surface area contributed by atoms with Gasteiger partial charge in [-0.1, -0.05) is 30.2 Å². The molecule has 21 heavy (non-hydrogen) atoms. The van der Waals surface area contributed by atoms with E-state index in [0.29, 0.717) is 23.7 Å². The molecule has 0 heterocycles. The van der Waals surface area contributed by atoms with Crippen molar-refractivity contribution in [3.05, 3.63) is 34.4 Å². The molecule has 1 rings (SSSR count). The van der Waals surface area contributed by atoms with E-state index in [4.69, 9.17) is 16.3 Å². The molecule has 6 heteroatoms. The lowest BCUT2D eigenvalue weighted by Gasteiger charge is -2.11. The minimum absolute atomic E-state index is 0.122. The van der Waals surface area contributed by atoms with Crippen molar-refractivity contribution in [1.82, 2.24) is 5.32 Å². The maximum Gasteiger partial charge on any atom is 0.387 e. The van der Waals surface area contributed by atoms with Crippen molar-refractivity contribution in [2.45, 2.75) is 20.0 Å². The fourth-order valence-electron chi connectivity index (χ4n) is 1.76. The lowest BCUT2D eigenvalue weighted by Crippen LogP contribution is -2.21. The molecular weight excluding hydrogens is 300 g/mol. The first-order chi connectivity index (χ1) is 10.1. The van der Waals surface area contributed by atoms with Gasteiger partial charge in [0.15, 0.2) is 0 Å². The third-order valence-corrected chi connectivity index (χ3v) is 3.07. The fraction of sp³-hybridized carbons (Fsp3) is 0.467. The number of ether oxygens (including phenoxy) is 2. The normalized spacial score (nSPS) is 12.0. The lowest BCUT2D eigenvalue weighted by molar-refractivity contribution is -0.0499. The Morgan fingerprint density at radius 1 is 1.43 bits per heavy atom. The lowest BCUT2D eigenvalue weighted by atomic mass is 10.1. The summed E-state index contributed by atoms with van der Waals surface area (Å²) in [6.45, 7) is 1.14. The van der Waals surface area contributed by atoms with Crippen LogP contribution in [0.3, 0.4) is 0 Å². The highest BCUT2D eigenvalue weighted by atomic mass is 35.5. The van der Waals surface area contributed by atoms with Crippen molar-refractivity contribution in [3.63, 3.8) is 0 Å². The van der Waals surface area contributed by atoms with E-state index in [1.807, 2.05) is 13.0 Å². The predicted molar refractivity (Wildman–Crippen MR) is 81.1 cm³/mol. The van der Waals surface area contributed by atoms with Gasteiger partial charge in [-0.15, -0.1) is 0 Å². The molecule has 0 aliphatic carbocycles. The van der Waals surface area contributed by atoms with Gasteiger partial charge >= 0.3 is 6.61 Å². The molecular formula is C15H20ClF2NO2. The third-order valence-electron chi connectivity index (χ3n) is 2.84. The largest absolute Gasteiger partial charge is 0.434 e.